The quantitative estimate of drug-likeness (QED) is 0.0846. The third-order valence-corrected chi connectivity index (χ3v) is 9.61. The molecule has 0 saturated carbocycles. The van der Waals surface area contributed by atoms with Crippen LogP contribution in [-0.2, 0) is 21.1 Å². The molecule has 0 radical (unpaired) electrons. The first-order chi connectivity index (χ1) is 28.3. The van der Waals surface area contributed by atoms with Gasteiger partial charge in [0.1, 0.15) is 0 Å². The van der Waals surface area contributed by atoms with E-state index in [4.69, 9.17) is 18.4 Å². The van der Waals surface area contributed by atoms with Gasteiger partial charge >= 0.3 is 0 Å². The summed E-state index contributed by atoms with van der Waals surface area (Å²) in [5.74, 6) is 0.899. The summed E-state index contributed by atoms with van der Waals surface area (Å²) in [6.45, 7) is 4.50. The van der Waals surface area contributed by atoms with Crippen molar-refractivity contribution in [3.8, 4) is 56.3 Å². The van der Waals surface area contributed by atoms with Gasteiger partial charge in [0.15, 0.2) is 0 Å². The molecule has 5 heteroatoms. The first-order valence-electron chi connectivity index (χ1n) is 20.6. The molecule has 0 aliphatic rings. The zero-order chi connectivity index (χ0) is 41.9. The van der Waals surface area contributed by atoms with Gasteiger partial charge in [0.2, 0.25) is 0 Å². The van der Waals surface area contributed by atoms with Gasteiger partial charge in [0.05, 0.1) is 49.1 Å². The third kappa shape index (κ3) is 6.60. The molecule has 7 aromatic carbocycles. The van der Waals surface area contributed by atoms with Crippen molar-refractivity contribution in [2.75, 3.05) is 13.3 Å². The molecule has 1 heterocycles. The molecule has 50 heavy (non-hydrogen) atoms. The molecule has 0 aliphatic heterocycles. The van der Waals surface area contributed by atoms with Gasteiger partial charge in [0.25, 0.3) is 6.33 Å². The predicted octanol–water partition coefficient (Wildman–Crippen LogP) is 10.2. The van der Waals surface area contributed by atoms with Gasteiger partial charge in [-0.1, -0.05) is 133 Å². The molecule has 3 nitrogen and oxygen atoms in total. The van der Waals surface area contributed by atoms with Crippen LogP contribution < -0.4 is 14.6 Å². The second-order valence-corrected chi connectivity index (χ2v) is 14.0. The summed E-state index contributed by atoms with van der Waals surface area (Å²) in [5, 5.41) is 1.30. The van der Waals surface area contributed by atoms with Crippen LogP contribution in [0.3, 0.4) is 0 Å². The van der Waals surface area contributed by atoms with Crippen LogP contribution in [0.25, 0.3) is 55.8 Å². The first kappa shape index (κ1) is 23.4. The van der Waals surface area contributed by atoms with Crippen molar-refractivity contribution < 1.29 is 44.1 Å². The third-order valence-electron chi connectivity index (χ3n) is 8.10. The molecule has 0 N–H and O–H groups in total. The predicted molar refractivity (Wildman–Crippen MR) is 204 cm³/mol. The Morgan fingerprint density at radius 3 is 1.90 bits per heavy atom. The smallest absolute Gasteiger partial charge is 0.268 e. The number of rotatable bonds is 8. The average molecular weight is 855 g/mol. The number of benzene rings is 7. The van der Waals surface area contributed by atoms with Gasteiger partial charge in [-0.2, -0.15) is 12.1 Å². The number of nitrogens with zero attached hydrogens (tertiary/aromatic N) is 2. The van der Waals surface area contributed by atoms with Crippen molar-refractivity contribution in [3.05, 3.63) is 182 Å². The van der Waals surface area contributed by atoms with Crippen LogP contribution in [-0.4, -0.2) is 17.9 Å². The molecule has 0 aliphatic carbocycles. The standard InChI is InChI=1S/C45H33N2OP.Pt/c1-49(2)44-29-12-9-24-39(44)35-20-13-22-37(30-35)48-38-23-14-21-36(31-38)46-32-47(43-28-11-10-27-42(43)46)45-40(33-16-5-3-6-17-33)25-15-26-41(45)34-18-7-4-8-19-34;/h3-29H,1-2H3;/q-2;/p+1/i3D,4D,5D,6D,7D,8D,16D,17D,18D,19D;. The summed E-state index contributed by atoms with van der Waals surface area (Å²) >= 11 is 0. The molecule has 0 spiro atoms. The number of para-hydroxylation sites is 3. The number of imidazole rings is 1. The fourth-order valence-corrected chi connectivity index (χ4v) is 7.11. The summed E-state index contributed by atoms with van der Waals surface area (Å²) in [6.07, 6.45) is 3.38. The Bertz CT molecular complexity index is 2850. The van der Waals surface area contributed by atoms with Gasteiger partial charge in [-0.15, -0.1) is 35.9 Å². The van der Waals surface area contributed by atoms with E-state index in [0.29, 0.717) is 28.2 Å². The monoisotopic (exact) mass is 854 g/mol. The van der Waals surface area contributed by atoms with Crippen molar-refractivity contribution >= 4 is 24.3 Å². The molecule has 0 fully saturated rings. The topological polar surface area (TPSA) is 18.0 Å². The zero-order valence-electron chi connectivity index (χ0n) is 36.9. The maximum atomic E-state index is 8.92. The Kier molecular flexibility index (Phi) is 6.92. The van der Waals surface area contributed by atoms with Gasteiger partial charge in [-0.05, 0) is 34.0 Å². The Labute approximate surface area is 323 Å². The van der Waals surface area contributed by atoms with E-state index in [-0.39, 0.29) is 49.0 Å². The van der Waals surface area contributed by atoms with E-state index >= 15 is 0 Å². The number of fused-ring (bicyclic) bond motifs is 1. The van der Waals surface area contributed by atoms with Crippen LogP contribution in [0.2, 0.25) is 0 Å². The Hall–Kier alpha value is -5.07. The van der Waals surface area contributed by atoms with Gasteiger partial charge in [-0.3, -0.25) is 4.57 Å². The van der Waals surface area contributed by atoms with Crippen molar-refractivity contribution in [2.45, 2.75) is 0 Å². The second-order valence-electron chi connectivity index (χ2n) is 11.4. The molecular weight excluding hydrogens is 811 g/mol. The minimum absolute atomic E-state index is 0. The Morgan fingerprint density at radius 1 is 0.620 bits per heavy atom. The zero-order valence-corrected chi connectivity index (χ0v) is 30.2. The Balaban J connectivity index is 0.00000544. The second kappa shape index (κ2) is 14.8. The van der Waals surface area contributed by atoms with Gasteiger partial charge in [-0.25, -0.2) is 0 Å². The molecule has 8 aromatic rings. The van der Waals surface area contributed by atoms with Crippen LogP contribution in [0.4, 0.5) is 0 Å². The van der Waals surface area contributed by atoms with Crippen molar-refractivity contribution in [3.63, 3.8) is 0 Å². The fourth-order valence-electron chi connectivity index (χ4n) is 5.92. The van der Waals surface area contributed by atoms with E-state index in [9.17, 15) is 0 Å². The summed E-state index contributed by atoms with van der Waals surface area (Å²) in [4.78, 5) is 0. The van der Waals surface area contributed by atoms with Crippen molar-refractivity contribution in [1.82, 2.24) is 4.57 Å². The molecule has 0 atom stereocenters. The van der Waals surface area contributed by atoms with Crippen LogP contribution >= 0.6 is 7.92 Å². The maximum absolute atomic E-state index is 8.92. The molecule has 0 saturated heterocycles. The van der Waals surface area contributed by atoms with E-state index in [2.05, 4.69) is 43.9 Å². The molecular formula is C45H34N2OPPt-. The number of hydrogen-bond acceptors (Lipinski definition) is 1. The van der Waals surface area contributed by atoms with Gasteiger partial charge in [0, 0.05) is 40.5 Å². The average Bonchev–Trinajstić information content (AvgIpc) is 3.63. The molecule has 0 bridgehead atoms. The van der Waals surface area contributed by atoms with Crippen LogP contribution in [0.15, 0.2) is 164 Å². The van der Waals surface area contributed by atoms with Crippen LogP contribution in [0.5, 0.6) is 11.5 Å². The van der Waals surface area contributed by atoms with E-state index in [1.54, 1.807) is 39.5 Å². The molecule has 8 rings (SSSR count). The summed E-state index contributed by atoms with van der Waals surface area (Å²) in [6, 6.07) is 33.1. The van der Waals surface area contributed by atoms with Crippen LogP contribution in [0.1, 0.15) is 13.7 Å². The Morgan fingerprint density at radius 2 is 1.20 bits per heavy atom. The molecule has 0 unspecified atom stereocenters. The number of aromatic nitrogens is 2. The fraction of sp³-hybridized carbons (Fsp3) is 0.0444. The van der Waals surface area contributed by atoms with Crippen LogP contribution in [0, 0.1) is 18.5 Å². The van der Waals surface area contributed by atoms with E-state index < -0.39 is 68.3 Å². The summed E-state index contributed by atoms with van der Waals surface area (Å²) in [7, 11) is -0.749. The largest absolute Gasteiger partial charge is 0.503 e. The van der Waals surface area contributed by atoms with E-state index in [1.165, 1.54) is 5.30 Å². The van der Waals surface area contributed by atoms with E-state index in [0.717, 1.165) is 11.1 Å². The number of hydrogen-bond donors (Lipinski definition) is 0. The molecule has 0 amide bonds. The first-order valence-corrected chi connectivity index (χ1v) is 18.1. The summed E-state index contributed by atoms with van der Waals surface area (Å²) < 4.78 is 95.8. The minimum Gasteiger partial charge on any atom is -0.503 e. The number of ether oxygens (including phenoxy) is 1. The van der Waals surface area contributed by atoms with Crippen molar-refractivity contribution in [1.29, 1.82) is 0 Å². The molecule has 246 valence electrons. The normalized spacial score (nSPS) is 13.8. The maximum Gasteiger partial charge on any atom is 0.268 e. The minimum atomic E-state index is -0.749. The SMILES string of the molecule is [2H]c1c([2H])c([2H])c(-c2cccc(-c3c([2H])c([2H])c([2H])c([2H])c3[2H])c2-[n+]2[c-]n(-c3[c-]c(Oc4[c-]c(-c5ccccc5[PH+](C)C)ccc4)ccc3)c3ccccc32)c([2H])c1[2H].[Pt]. The summed E-state index contributed by atoms with van der Waals surface area (Å²) in [5.41, 5.74) is 3.97. The van der Waals surface area contributed by atoms with Crippen molar-refractivity contribution in [2.24, 2.45) is 0 Å². The van der Waals surface area contributed by atoms with Gasteiger partial charge < -0.3 is 9.30 Å². The van der Waals surface area contributed by atoms with E-state index in [1.807, 2.05) is 60.7 Å². The molecule has 1 aromatic heterocycles.